The van der Waals surface area contributed by atoms with Gasteiger partial charge in [0, 0.05) is 17.9 Å². The molecule has 0 aliphatic carbocycles. The van der Waals surface area contributed by atoms with Crippen LogP contribution in [-0.2, 0) is 0 Å². The SMILES string of the molecule is Br.Cc1nc(SCCN)cc(-c2ccccc2)n1. The molecule has 5 heteroatoms. The topological polar surface area (TPSA) is 51.8 Å². The normalized spacial score (nSPS) is 9.89. The number of hydrogen-bond acceptors (Lipinski definition) is 4. The van der Waals surface area contributed by atoms with Gasteiger partial charge in [-0.3, -0.25) is 0 Å². The van der Waals surface area contributed by atoms with Crippen molar-refractivity contribution in [3.63, 3.8) is 0 Å². The molecule has 18 heavy (non-hydrogen) atoms. The lowest BCUT2D eigenvalue weighted by atomic mass is 10.1. The Labute approximate surface area is 122 Å². The molecule has 1 aromatic carbocycles. The van der Waals surface area contributed by atoms with Crippen molar-refractivity contribution in [3.05, 3.63) is 42.2 Å². The maximum absolute atomic E-state index is 5.50. The van der Waals surface area contributed by atoms with E-state index in [1.165, 1.54) is 0 Å². The summed E-state index contributed by atoms with van der Waals surface area (Å²) in [6.07, 6.45) is 0. The van der Waals surface area contributed by atoms with E-state index in [-0.39, 0.29) is 17.0 Å². The van der Waals surface area contributed by atoms with E-state index >= 15 is 0 Å². The van der Waals surface area contributed by atoms with Crippen molar-refractivity contribution < 1.29 is 0 Å². The summed E-state index contributed by atoms with van der Waals surface area (Å²) in [4.78, 5) is 8.85. The third-order valence-corrected chi connectivity index (χ3v) is 3.20. The van der Waals surface area contributed by atoms with Gasteiger partial charge < -0.3 is 5.73 Å². The summed E-state index contributed by atoms with van der Waals surface area (Å²) in [6, 6.07) is 12.2. The molecule has 2 aromatic rings. The molecule has 0 bridgehead atoms. The number of rotatable bonds is 4. The first-order valence-electron chi connectivity index (χ1n) is 5.53. The fraction of sp³-hybridized carbons (Fsp3) is 0.231. The second-order valence-corrected chi connectivity index (χ2v) is 4.76. The number of thioether (sulfide) groups is 1. The predicted octanol–water partition coefficient (Wildman–Crippen LogP) is 3.08. The van der Waals surface area contributed by atoms with Gasteiger partial charge in [0.15, 0.2) is 0 Å². The van der Waals surface area contributed by atoms with Gasteiger partial charge in [0.1, 0.15) is 10.9 Å². The van der Waals surface area contributed by atoms with E-state index in [1.807, 2.05) is 31.2 Å². The van der Waals surface area contributed by atoms with Crippen LogP contribution in [0.25, 0.3) is 11.3 Å². The molecule has 0 atom stereocenters. The van der Waals surface area contributed by atoms with Crippen LogP contribution in [0, 0.1) is 6.92 Å². The van der Waals surface area contributed by atoms with Crippen molar-refractivity contribution >= 4 is 28.7 Å². The molecule has 2 N–H and O–H groups in total. The molecule has 0 fully saturated rings. The Balaban J connectivity index is 0.00000162. The van der Waals surface area contributed by atoms with Crippen LogP contribution in [0.1, 0.15) is 5.82 Å². The van der Waals surface area contributed by atoms with Gasteiger partial charge in [-0.15, -0.1) is 28.7 Å². The number of benzene rings is 1. The quantitative estimate of drug-likeness (QED) is 0.693. The summed E-state index contributed by atoms with van der Waals surface area (Å²) in [5, 5.41) is 0.988. The summed E-state index contributed by atoms with van der Waals surface area (Å²) >= 11 is 1.67. The number of halogens is 1. The van der Waals surface area contributed by atoms with E-state index in [1.54, 1.807) is 11.8 Å². The average Bonchev–Trinajstić information content (AvgIpc) is 2.37. The summed E-state index contributed by atoms with van der Waals surface area (Å²) in [7, 11) is 0. The van der Waals surface area contributed by atoms with E-state index < -0.39 is 0 Å². The first-order valence-corrected chi connectivity index (χ1v) is 6.52. The molecule has 0 amide bonds. The van der Waals surface area contributed by atoms with Crippen LogP contribution >= 0.6 is 28.7 Å². The molecular weight excluding hydrogens is 310 g/mol. The van der Waals surface area contributed by atoms with Gasteiger partial charge in [-0.05, 0) is 13.0 Å². The molecule has 96 valence electrons. The Hall–Kier alpha value is -0.910. The van der Waals surface area contributed by atoms with Gasteiger partial charge in [0.25, 0.3) is 0 Å². The van der Waals surface area contributed by atoms with Crippen molar-refractivity contribution in [2.75, 3.05) is 12.3 Å². The van der Waals surface area contributed by atoms with Gasteiger partial charge in [0.2, 0.25) is 0 Å². The maximum Gasteiger partial charge on any atom is 0.127 e. The molecule has 3 nitrogen and oxygen atoms in total. The maximum atomic E-state index is 5.50. The molecule has 0 aliphatic heterocycles. The standard InChI is InChI=1S/C13H15N3S.BrH/c1-10-15-12(11-5-3-2-4-6-11)9-13(16-10)17-8-7-14;/h2-6,9H,7-8,14H2,1H3;1H. The molecule has 1 heterocycles. The van der Waals surface area contributed by atoms with Gasteiger partial charge in [0.05, 0.1) is 5.69 Å². The lowest BCUT2D eigenvalue weighted by Gasteiger charge is -2.05. The molecule has 0 radical (unpaired) electrons. The summed E-state index contributed by atoms with van der Waals surface area (Å²) in [5.74, 6) is 1.68. The van der Waals surface area contributed by atoms with E-state index in [0.717, 1.165) is 27.9 Å². The van der Waals surface area contributed by atoms with Crippen molar-refractivity contribution in [1.29, 1.82) is 0 Å². The zero-order valence-electron chi connectivity index (χ0n) is 10.2. The van der Waals surface area contributed by atoms with E-state index in [9.17, 15) is 0 Å². The van der Waals surface area contributed by atoms with Crippen molar-refractivity contribution in [2.24, 2.45) is 5.73 Å². The van der Waals surface area contributed by atoms with Crippen LogP contribution in [0.15, 0.2) is 41.4 Å². The molecule has 0 saturated carbocycles. The summed E-state index contributed by atoms with van der Waals surface area (Å²) < 4.78 is 0. The van der Waals surface area contributed by atoms with E-state index in [2.05, 4.69) is 22.1 Å². The minimum atomic E-state index is 0. The highest BCUT2D eigenvalue weighted by atomic mass is 79.9. The van der Waals surface area contributed by atoms with E-state index in [0.29, 0.717) is 6.54 Å². The van der Waals surface area contributed by atoms with Gasteiger partial charge >= 0.3 is 0 Å². The van der Waals surface area contributed by atoms with Gasteiger partial charge in [-0.1, -0.05) is 30.3 Å². The zero-order chi connectivity index (χ0) is 12.1. The van der Waals surface area contributed by atoms with Crippen LogP contribution in [-0.4, -0.2) is 22.3 Å². The number of nitrogens with two attached hydrogens (primary N) is 1. The van der Waals surface area contributed by atoms with Crippen LogP contribution in [0.5, 0.6) is 0 Å². The molecule has 1 aromatic heterocycles. The fourth-order valence-electron chi connectivity index (χ4n) is 1.53. The lowest BCUT2D eigenvalue weighted by Crippen LogP contribution is -2.02. The molecule has 0 unspecified atom stereocenters. The number of aromatic nitrogens is 2. The molecule has 0 saturated heterocycles. The fourth-order valence-corrected chi connectivity index (χ4v) is 2.25. The number of nitrogens with zero attached hydrogens (tertiary/aromatic N) is 2. The molecule has 2 rings (SSSR count). The van der Waals surface area contributed by atoms with Gasteiger partial charge in [-0.2, -0.15) is 0 Å². The largest absolute Gasteiger partial charge is 0.330 e. The van der Waals surface area contributed by atoms with Crippen LogP contribution in [0.3, 0.4) is 0 Å². The smallest absolute Gasteiger partial charge is 0.127 e. The highest BCUT2D eigenvalue weighted by molar-refractivity contribution is 8.93. The minimum Gasteiger partial charge on any atom is -0.330 e. The summed E-state index contributed by atoms with van der Waals surface area (Å²) in [6.45, 7) is 2.58. The second-order valence-electron chi connectivity index (χ2n) is 3.64. The second kappa shape index (κ2) is 7.51. The highest BCUT2D eigenvalue weighted by Crippen LogP contribution is 2.22. The first kappa shape index (κ1) is 15.1. The van der Waals surface area contributed by atoms with Crippen LogP contribution in [0.4, 0.5) is 0 Å². The average molecular weight is 326 g/mol. The highest BCUT2D eigenvalue weighted by Gasteiger charge is 2.04. The van der Waals surface area contributed by atoms with Crippen LogP contribution < -0.4 is 5.73 Å². The van der Waals surface area contributed by atoms with Crippen molar-refractivity contribution in [3.8, 4) is 11.3 Å². The Morgan fingerprint density at radius 2 is 1.89 bits per heavy atom. The number of aryl methyl sites for hydroxylation is 1. The Kier molecular flexibility index (Phi) is 6.32. The van der Waals surface area contributed by atoms with Gasteiger partial charge in [-0.25, -0.2) is 9.97 Å². The minimum absolute atomic E-state index is 0. The first-order chi connectivity index (χ1) is 8.29. The van der Waals surface area contributed by atoms with Crippen LogP contribution in [0.2, 0.25) is 0 Å². The number of hydrogen-bond donors (Lipinski definition) is 1. The molecule has 0 spiro atoms. The van der Waals surface area contributed by atoms with Crippen molar-refractivity contribution in [1.82, 2.24) is 9.97 Å². The molecular formula is C13H16BrN3S. The predicted molar refractivity (Wildman–Crippen MR) is 82.3 cm³/mol. The third kappa shape index (κ3) is 4.08. The van der Waals surface area contributed by atoms with E-state index in [4.69, 9.17) is 5.73 Å². The third-order valence-electron chi connectivity index (χ3n) is 2.25. The summed E-state index contributed by atoms with van der Waals surface area (Å²) in [5.41, 5.74) is 7.59. The molecule has 0 aliphatic rings. The monoisotopic (exact) mass is 325 g/mol. The lowest BCUT2D eigenvalue weighted by molar-refractivity contribution is 0.971. The van der Waals surface area contributed by atoms with Crippen molar-refractivity contribution in [2.45, 2.75) is 11.9 Å². The Bertz CT molecular complexity index is 491. The Morgan fingerprint density at radius 1 is 1.17 bits per heavy atom. The zero-order valence-corrected chi connectivity index (χ0v) is 12.7. The Morgan fingerprint density at radius 3 is 2.56 bits per heavy atom.